The molecule has 9 heteroatoms. The Balaban J connectivity index is 0.948. The third-order valence-electron chi connectivity index (χ3n) is 14.3. The lowest BCUT2D eigenvalue weighted by molar-refractivity contribution is 0.106. The van der Waals surface area contributed by atoms with E-state index in [9.17, 15) is 19.5 Å². The molecule has 3 heterocycles. The maximum atomic E-state index is 14.0. The van der Waals surface area contributed by atoms with E-state index in [0.29, 0.717) is 21.9 Å². The molecule has 1 atom stereocenters. The molecular weight excluding hydrogens is 789 g/mol. The number of allylic oxidation sites excluding steroid dienone is 2. The quantitative estimate of drug-likeness (QED) is 0.188. The second-order valence-corrected chi connectivity index (χ2v) is 20.4. The third-order valence-corrected chi connectivity index (χ3v) is 18.2. The van der Waals surface area contributed by atoms with Crippen molar-refractivity contribution in [1.29, 1.82) is 0 Å². The molecule has 5 aromatic carbocycles. The fourth-order valence-electron chi connectivity index (χ4n) is 11.5. The molecule has 1 unspecified atom stereocenters. The number of ketones is 1. The minimum absolute atomic E-state index is 0.0459. The molecule has 6 nitrogen and oxygen atoms in total. The Labute approximate surface area is 349 Å². The van der Waals surface area contributed by atoms with Crippen LogP contribution in [0.4, 0.5) is 0 Å². The number of aliphatic imine (C=N–C) groups is 1. The summed E-state index contributed by atoms with van der Waals surface area (Å²) in [4.78, 5) is 54.6. The molecule has 59 heavy (non-hydrogen) atoms. The molecule has 2 fully saturated rings. The number of nitrogens with zero attached hydrogens (tertiary/aromatic N) is 2. The highest BCUT2D eigenvalue weighted by atomic mass is 32.1. The number of Topliss-reactive ketones (excluding diaryl/α,β-unsaturated/α-hetero) is 1. The van der Waals surface area contributed by atoms with Gasteiger partial charge in [-0.2, -0.15) is 0 Å². The monoisotopic (exact) mass is 824 g/mol. The van der Waals surface area contributed by atoms with Crippen molar-refractivity contribution in [3.63, 3.8) is 0 Å². The van der Waals surface area contributed by atoms with Gasteiger partial charge in [-0.15, -0.1) is 34.0 Å². The van der Waals surface area contributed by atoms with Gasteiger partial charge in [-0.05, 0) is 89.2 Å². The Morgan fingerprint density at radius 3 is 1.56 bits per heavy atom. The lowest BCUT2D eigenvalue weighted by atomic mass is 9.69. The second kappa shape index (κ2) is 12.2. The molecule has 0 aliphatic heterocycles. The van der Waals surface area contributed by atoms with Crippen molar-refractivity contribution >= 4 is 109 Å². The van der Waals surface area contributed by atoms with Crippen molar-refractivity contribution in [3.8, 4) is 0 Å². The molecule has 0 bridgehead atoms. The number of carbonyl (C=O) groups is 1. The van der Waals surface area contributed by atoms with Crippen molar-refractivity contribution in [3.05, 3.63) is 142 Å². The van der Waals surface area contributed by atoms with E-state index in [0.717, 1.165) is 90.7 Å². The predicted molar refractivity (Wildman–Crippen MR) is 243 cm³/mol. The summed E-state index contributed by atoms with van der Waals surface area (Å²) in [5.74, 6) is -0.180. The van der Waals surface area contributed by atoms with Crippen molar-refractivity contribution in [2.75, 3.05) is 0 Å². The zero-order valence-electron chi connectivity index (χ0n) is 32.0. The van der Waals surface area contributed by atoms with Crippen LogP contribution in [-0.4, -0.2) is 16.6 Å². The Hall–Kier alpha value is -5.19. The minimum Gasteiger partial charge on any atom is -0.382 e. The minimum atomic E-state index is -1.06. The van der Waals surface area contributed by atoms with Gasteiger partial charge in [0.2, 0.25) is 16.6 Å². The molecule has 3 aromatic heterocycles. The summed E-state index contributed by atoms with van der Waals surface area (Å²) in [7, 11) is 0. The molecule has 2 saturated carbocycles. The maximum Gasteiger partial charge on any atom is 0.216 e. The number of hydrogen-bond donors (Lipinski definition) is 1. The van der Waals surface area contributed by atoms with Gasteiger partial charge in [-0.1, -0.05) is 87.1 Å². The van der Waals surface area contributed by atoms with E-state index in [1.807, 2.05) is 107 Å². The van der Waals surface area contributed by atoms with Crippen LogP contribution in [0.3, 0.4) is 0 Å². The molecule has 8 aromatic rings. The predicted octanol–water partition coefficient (Wildman–Crippen LogP) is 11.3. The molecule has 288 valence electrons. The van der Waals surface area contributed by atoms with Gasteiger partial charge < -0.3 is 5.11 Å². The molecule has 2 spiro atoms. The van der Waals surface area contributed by atoms with E-state index < -0.39 is 6.10 Å². The lowest BCUT2D eigenvalue weighted by Crippen LogP contribution is -2.35. The number of thiophene rings is 3. The summed E-state index contributed by atoms with van der Waals surface area (Å²) < 4.78 is 5.29. The molecule has 0 saturated heterocycles. The van der Waals surface area contributed by atoms with E-state index in [2.05, 4.69) is 12.2 Å². The molecule has 13 rings (SSSR count). The SMILES string of the molecule is O=C1/C(=N\C2=Cc3sc4c(sc5c6c(sc54)C=C(N=c4c(=O)c5cc7ccccc7cc5c4=O)C64CCCCC4)c3C23CCCCC3)C(O)c2cc3ccccc3cc21. The zero-order valence-corrected chi connectivity index (χ0v) is 34.5. The number of hydrogen-bond acceptors (Lipinski definition) is 9. The van der Waals surface area contributed by atoms with Crippen LogP contribution < -0.4 is 16.2 Å². The van der Waals surface area contributed by atoms with Crippen molar-refractivity contribution < 1.29 is 9.90 Å². The first-order chi connectivity index (χ1) is 28.8. The summed E-state index contributed by atoms with van der Waals surface area (Å²) in [6.45, 7) is 0. The van der Waals surface area contributed by atoms with Gasteiger partial charge in [-0.25, -0.2) is 9.98 Å². The fourth-order valence-corrected chi connectivity index (χ4v) is 16.3. The average molecular weight is 825 g/mol. The van der Waals surface area contributed by atoms with E-state index in [-0.39, 0.29) is 38.5 Å². The van der Waals surface area contributed by atoms with Crippen molar-refractivity contribution in [1.82, 2.24) is 0 Å². The van der Waals surface area contributed by atoms with Crippen molar-refractivity contribution in [2.45, 2.75) is 81.1 Å². The van der Waals surface area contributed by atoms with E-state index in [4.69, 9.17) is 9.98 Å². The van der Waals surface area contributed by atoms with Gasteiger partial charge in [0.25, 0.3) is 0 Å². The van der Waals surface area contributed by atoms with Crippen LogP contribution >= 0.6 is 34.0 Å². The van der Waals surface area contributed by atoms with Crippen LogP contribution in [0.2, 0.25) is 0 Å². The van der Waals surface area contributed by atoms with Gasteiger partial charge >= 0.3 is 0 Å². The molecule has 0 radical (unpaired) electrons. The van der Waals surface area contributed by atoms with Crippen LogP contribution in [0.15, 0.2) is 104 Å². The average Bonchev–Trinajstić information content (AvgIpc) is 4.09. The van der Waals surface area contributed by atoms with Crippen LogP contribution in [0.5, 0.6) is 0 Å². The molecule has 5 aliphatic carbocycles. The Morgan fingerprint density at radius 2 is 1.03 bits per heavy atom. The number of aliphatic hydroxyl groups excluding tert-OH is 1. The van der Waals surface area contributed by atoms with Crippen LogP contribution in [-0.2, 0) is 10.8 Å². The largest absolute Gasteiger partial charge is 0.382 e. The molecular formula is C50H36N2O4S3. The Bertz CT molecular complexity index is 3430. The first-order valence-electron chi connectivity index (χ1n) is 20.9. The molecule has 0 amide bonds. The van der Waals surface area contributed by atoms with E-state index >= 15 is 0 Å². The molecule has 5 aliphatic rings. The maximum absolute atomic E-state index is 14.0. The summed E-state index contributed by atoms with van der Waals surface area (Å²) in [5.41, 5.74) is 4.71. The number of aliphatic hydroxyl groups is 1. The fraction of sp³-hybridized carbons (Fsp3) is 0.260. The van der Waals surface area contributed by atoms with Gasteiger partial charge in [-0.3, -0.25) is 14.4 Å². The number of carbonyl (C=O) groups excluding carboxylic acids is 1. The highest BCUT2D eigenvalue weighted by molar-refractivity contribution is 7.39. The van der Waals surface area contributed by atoms with Crippen LogP contribution in [0.1, 0.15) is 107 Å². The smallest absolute Gasteiger partial charge is 0.216 e. The molecule has 1 N–H and O–H groups in total. The van der Waals surface area contributed by atoms with Gasteiger partial charge in [0.15, 0.2) is 5.36 Å². The number of fused-ring (bicyclic) bond motifs is 13. The van der Waals surface area contributed by atoms with Gasteiger partial charge in [0.05, 0.1) is 30.2 Å². The Kier molecular flexibility index (Phi) is 7.16. The number of rotatable bonds is 2. The number of benzene rings is 4. The van der Waals surface area contributed by atoms with Gasteiger partial charge in [0, 0.05) is 48.0 Å². The van der Waals surface area contributed by atoms with Gasteiger partial charge in [0.1, 0.15) is 11.8 Å². The van der Waals surface area contributed by atoms with E-state index in [1.54, 1.807) is 0 Å². The Morgan fingerprint density at radius 1 is 0.559 bits per heavy atom. The second-order valence-electron chi connectivity index (χ2n) is 17.3. The highest BCUT2D eigenvalue weighted by Crippen LogP contribution is 2.63. The first-order valence-corrected chi connectivity index (χ1v) is 23.3. The summed E-state index contributed by atoms with van der Waals surface area (Å²) in [5, 5.41) is 16.5. The topological polar surface area (TPSA) is 96.2 Å². The highest BCUT2D eigenvalue weighted by Gasteiger charge is 2.49. The standard InChI is InChI=1S/C50H36N2O4S3/c53-41-29-19-25-11-3-4-12-26(25)20-30(29)42(54)39(41)51-35-23-33-37(49(35)15-7-1-8-16-49)45-47(57-33)48-46(59-45)38-34(58-48)24-36(50(38)17-9-2-10-18-50)52-40-43(55)31-21-27-13-5-6-14-28(27)22-32(31)44(40)56/h3-6,11-14,19-24,41,53H,1-2,7-10,15-18H2/b51-39-. The third kappa shape index (κ3) is 4.57. The first kappa shape index (κ1) is 34.7. The van der Waals surface area contributed by atoms with E-state index in [1.165, 1.54) is 46.1 Å². The van der Waals surface area contributed by atoms with Crippen LogP contribution in [0.25, 0.3) is 63.3 Å². The normalized spacial score (nSPS) is 21.1. The summed E-state index contributed by atoms with van der Waals surface area (Å²) in [6.07, 6.45) is 13.8. The summed E-state index contributed by atoms with van der Waals surface area (Å²) >= 11 is 5.58. The lowest BCUT2D eigenvalue weighted by Gasteiger charge is -2.36. The summed E-state index contributed by atoms with van der Waals surface area (Å²) in [6, 6.07) is 23.4. The zero-order chi connectivity index (χ0) is 39.4. The van der Waals surface area contributed by atoms with Crippen LogP contribution in [0, 0.1) is 0 Å². The van der Waals surface area contributed by atoms with Crippen molar-refractivity contribution in [2.24, 2.45) is 9.98 Å².